The smallest absolute Gasteiger partial charge is 0.335 e. The number of carboxylic acid groups (broad SMARTS) is 1. The van der Waals surface area contributed by atoms with Gasteiger partial charge in [-0.05, 0) is 36.3 Å². The van der Waals surface area contributed by atoms with Gasteiger partial charge in [-0.1, -0.05) is 41.0 Å². The van der Waals surface area contributed by atoms with Gasteiger partial charge >= 0.3 is 5.97 Å². The minimum absolute atomic E-state index is 0.307. The summed E-state index contributed by atoms with van der Waals surface area (Å²) in [5, 5.41) is 12.5. The molecule has 21 heavy (non-hydrogen) atoms. The van der Waals surface area contributed by atoms with E-state index in [0.29, 0.717) is 29.1 Å². The molecule has 0 amide bonds. The molecule has 1 aromatic heterocycles. The summed E-state index contributed by atoms with van der Waals surface area (Å²) in [6, 6.07) is 3.29. The fraction of sp³-hybridized carbons (Fsp3) is 0.647. The molecule has 1 aromatic rings. The number of carbonyl (C=O) groups is 1. The summed E-state index contributed by atoms with van der Waals surface area (Å²) in [6.07, 6.45) is 1.75. The van der Waals surface area contributed by atoms with Crippen molar-refractivity contribution in [2.24, 2.45) is 17.8 Å². The Hall–Kier alpha value is -1.58. The van der Waals surface area contributed by atoms with E-state index < -0.39 is 5.97 Å². The average Bonchev–Trinajstić information content (AvgIpc) is 2.38. The highest BCUT2D eigenvalue weighted by atomic mass is 16.4. The average molecular weight is 292 g/mol. The van der Waals surface area contributed by atoms with Crippen LogP contribution < -0.4 is 5.32 Å². The Bertz CT molecular complexity index is 462. The van der Waals surface area contributed by atoms with Crippen LogP contribution in [0.5, 0.6) is 0 Å². The Morgan fingerprint density at radius 2 is 1.86 bits per heavy atom. The van der Waals surface area contributed by atoms with Crippen LogP contribution in [-0.2, 0) is 6.42 Å². The molecule has 0 radical (unpaired) electrons. The number of pyridine rings is 1. The van der Waals surface area contributed by atoms with Crippen LogP contribution in [0.25, 0.3) is 0 Å². The van der Waals surface area contributed by atoms with E-state index in [1.165, 1.54) is 0 Å². The summed E-state index contributed by atoms with van der Waals surface area (Å²) in [4.78, 5) is 15.7. The number of hydrogen-bond acceptors (Lipinski definition) is 3. The van der Waals surface area contributed by atoms with Crippen molar-refractivity contribution < 1.29 is 9.90 Å². The van der Waals surface area contributed by atoms with Crippen molar-refractivity contribution >= 4 is 11.8 Å². The lowest BCUT2D eigenvalue weighted by molar-refractivity contribution is 0.0696. The van der Waals surface area contributed by atoms with Crippen LogP contribution in [-0.4, -0.2) is 22.6 Å². The Kier molecular flexibility index (Phi) is 6.66. The van der Waals surface area contributed by atoms with Gasteiger partial charge in [0, 0.05) is 12.2 Å². The normalized spacial score (nSPS) is 11.4. The third kappa shape index (κ3) is 5.37. The second-order valence-corrected chi connectivity index (χ2v) is 6.32. The summed E-state index contributed by atoms with van der Waals surface area (Å²) in [7, 11) is 0. The molecule has 0 spiro atoms. The summed E-state index contributed by atoms with van der Waals surface area (Å²) in [5.41, 5.74) is 1.15. The maximum atomic E-state index is 11.2. The molecule has 2 N–H and O–H groups in total. The largest absolute Gasteiger partial charge is 0.478 e. The SMILES string of the molecule is CCCc1cc(C(=O)O)cc(NCC(C(C)C)C(C)C)n1. The summed E-state index contributed by atoms with van der Waals surface area (Å²) >= 11 is 0. The number of aromatic carboxylic acids is 1. The van der Waals surface area contributed by atoms with Gasteiger partial charge in [0.2, 0.25) is 0 Å². The molecule has 0 saturated carbocycles. The number of aromatic nitrogens is 1. The second-order valence-electron chi connectivity index (χ2n) is 6.32. The fourth-order valence-corrected chi connectivity index (χ4v) is 2.65. The van der Waals surface area contributed by atoms with Crippen molar-refractivity contribution in [2.45, 2.75) is 47.5 Å². The van der Waals surface area contributed by atoms with Crippen molar-refractivity contribution in [1.82, 2.24) is 4.98 Å². The molecule has 0 aliphatic rings. The van der Waals surface area contributed by atoms with Crippen molar-refractivity contribution in [3.8, 4) is 0 Å². The van der Waals surface area contributed by atoms with Gasteiger partial charge in [0.15, 0.2) is 0 Å². The monoisotopic (exact) mass is 292 g/mol. The number of nitrogens with one attached hydrogen (secondary N) is 1. The first-order valence-corrected chi connectivity index (χ1v) is 7.83. The fourth-order valence-electron chi connectivity index (χ4n) is 2.65. The lowest BCUT2D eigenvalue weighted by Gasteiger charge is -2.25. The van der Waals surface area contributed by atoms with Gasteiger partial charge in [-0.3, -0.25) is 0 Å². The van der Waals surface area contributed by atoms with E-state index in [2.05, 4.69) is 44.9 Å². The van der Waals surface area contributed by atoms with E-state index in [1.54, 1.807) is 12.1 Å². The standard InChI is InChI=1S/C17H28N2O2/c1-6-7-14-8-13(17(20)21)9-16(19-14)18-10-15(11(2)3)12(4)5/h8-9,11-12,15H,6-7,10H2,1-5H3,(H,18,19)(H,20,21). The number of carboxylic acids is 1. The van der Waals surface area contributed by atoms with E-state index in [0.717, 1.165) is 25.1 Å². The highest BCUT2D eigenvalue weighted by Gasteiger charge is 2.17. The molecule has 0 bridgehead atoms. The van der Waals surface area contributed by atoms with E-state index in [9.17, 15) is 9.90 Å². The molecule has 0 aliphatic carbocycles. The molecule has 118 valence electrons. The molecule has 0 saturated heterocycles. The molecule has 0 unspecified atom stereocenters. The quantitative estimate of drug-likeness (QED) is 0.758. The number of nitrogens with zero attached hydrogens (tertiary/aromatic N) is 1. The number of rotatable bonds is 8. The molecule has 0 fully saturated rings. The first-order valence-electron chi connectivity index (χ1n) is 7.83. The molecule has 4 nitrogen and oxygen atoms in total. The molecule has 0 atom stereocenters. The predicted molar refractivity (Wildman–Crippen MR) is 86.8 cm³/mol. The lowest BCUT2D eigenvalue weighted by atomic mass is 9.85. The van der Waals surface area contributed by atoms with E-state index >= 15 is 0 Å². The lowest BCUT2D eigenvalue weighted by Crippen LogP contribution is -2.25. The van der Waals surface area contributed by atoms with Crippen LogP contribution in [0.4, 0.5) is 5.82 Å². The van der Waals surface area contributed by atoms with Crippen LogP contribution in [0.15, 0.2) is 12.1 Å². The van der Waals surface area contributed by atoms with Crippen molar-refractivity contribution in [3.63, 3.8) is 0 Å². The van der Waals surface area contributed by atoms with Gasteiger partial charge in [0.1, 0.15) is 5.82 Å². The Balaban J connectivity index is 2.88. The van der Waals surface area contributed by atoms with Crippen LogP contribution in [0, 0.1) is 17.8 Å². The molecular weight excluding hydrogens is 264 g/mol. The number of aryl methyl sites for hydroxylation is 1. The Labute approximate surface area is 128 Å². The molecule has 4 heteroatoms. The van der Waals surface area contributed by atoms with Gasteiger partial charge in [-0.2, -0.15) is 0 Å². The number of anilines is 1. The zero-order valence-corrected chi connectivity index (χ0v) is 13.8. The van der Waals surface area contributed by atoms with Crippen molar-refractivity contribution in [3.05, 3.63) is 23.4 Å². The zero-order valence-electron chi connectivity index (χ0n) is 13.8. The third-order valence-corrected chi connectivity index (χ3v) is 3.86. The van der Waals surface area contributed by atoms with Crippen molar-refractivity contribution in [1.29, 1.82) is 0 Å². The summed E-state index contributed by atoms with van der Waals surface area (Å²) in [6.45, 7) is 11.8. The topological polar surface area (TPSA) is 62.2 Å². The maximum Gasteiger partial charge on any atom is 0.335 e. The number of hydrogen-bond donors (Lipinski definition) is 2. The van der Waals surface area contributed by atoms with Crippen LogP contribution in [0.2, 0.25) is 0 Å². The Morgan fingerprint density at radius 3 is 2.33 bits per heavy atom. The van der Waals surface area contributed by atoms with E-state index in [-0.39, 0.29) is 0 Å². The molecule has 0 aliphatic heterocycles. The van der Waals surface area contributed by atoms with Crippen LogP contribution >= 0.6 is 0 Å². The van der Waals surface area contributed by atoms with Gasteiger partial charge in [-0.15, -0.1) is 0 Å². The zero-order chi connectivity index (χ0) is 16.0. The molecule has 1 rings (SSSR count). The highest BCUT2D eigenvalue weighted by Crippen LogP contribution is 2.21. The first-order chi connectivity index (χ1) is 9.85. The molecule has 1 heterocycles. The van der Waals surface area contributed by atoms with Crippen LogP contribution in [0.1, 0.15) is 57.1 Å². The van der Waals surface area contributed by atoms with Gasteiger partial charge in [0.05, 0.1) is 5.56 Å². The summed E-state index contributed by atoms with van der Waals surface area (Å²) < 4.78 is 0. The Morgan fingerprint density at radius 1 is 1.24 bits per heavy atom. The van der Waals surface area contributed by atoms with Gasteiger partial charge < -0.3 is 10.4 Å². The molecular formula is C17H28N2O2. The van der Waals surface area contributed by atoms with Crippen LogP contribution in [0.3, 0.4) is 0 Å². The van der Waals surface area contributed by atoms with Crippen molar-refractivity contribution in [2.75, 3.05) is 11.9 Å². The predicted octanol–water partition coefficient (Wildman–Crippen LogP) is 4.07. The maximum absolute atomic E-state index is 11.2. The van der Waals surface area contributed by atoms with E-state index in [1.807, 2.05) is 0 Å². The summed E-state index contributed by atoms with van der Waals surface area (Å²) in [5.74, 6) is 1.46. The van der Waals surface area contributed by atoms with Gasteiger partial charge in [0.25, 0.3) is 0 Å². The van der Waals surface area contributed by atoms with E-state index in [4.69, 9.17) is 0 Å². The first kappa shape index (κ1) is 17.5. The third-order valence-electron chi connectivity index (χ3n) is 3.86. The highest BCUT2D eigenvalue weighted by molar-refractivity contribution is 5.88. The second kappa shape index (κ2) is 8.01. The minimum atomic E-state index is -0.901. The minimum Gasteiger partial charge on any atom is -0.478 e. The van der Waals surface area contributed by atoms with Gasteiger partial charge in [-0.25, -0.2) is 9.78 Å². The molecule has 0 aromatic carbocycles.